The maximum atomic E-state index is 13.1. The Labute approximate surface area is 135 Å². The van der Waals surface area contributed by atoms with Gasteiger partial charge < -0.3 is 14.8 Å². The van der Waals surface area contributed by atoms with E-state index in [0.29, 0.717) is 26.4 Å². The van der Waals surface area contributed by atoms with Crippen LogP contribution in [0.3, 0.4) is 0 Å². The summed E-state index contributed by atoms with van der Waals surface area (Å²) in [5.74, 6) is 0.384. The SMILES string of the molecule is CCOCCOc1ccccc1CNc1ccc(F)c(Cl)c1. The molecular weight excluding hydrogens is 305 g/mol. The highest BCUT2D eigenvalue weighted by atomic mass is 35.5. The van der Waals surface area contributed by atoms with Crippen LogP contribution >= 0.6 is 11.6 Å². The first-order valence-corrected chi connectivity index (χ1v) is 7.56. The van der Waals surface area contributed by atoms with Gasteiger partial charge in [-0.15, -0.1) is 0 Å². The third-order valence-corrected chi connectivity index (χ3v) is 3.35. The van der Waals surface area contributed by atoms with Gasteiger partial charge in [0.2, 0.25) is 0 Å². The van der Waals surface area contributed by atoms with Gasteiger partial charge in [-0.05, 0) is 31.2 Å². The van der Waals surface area contributed by atoms with Crippen LogP contribution in [0.15, 0.2) is 42.5 Å². The van der Waals surface area contributed by atoms with Gasteiger partial charge in [0.05, 0.1) is 11.6 Å². The molecule has 3 nitrogen and oxygen atoms in total. The predicted octanol–water partition coefficient (Wildman–Crippen LogP) is 4.51. The molecule has 118 valence electrons. The summed E-state index contributed by atoms with van der Waals surface area (Å²) >= 11 is 5.77. The molecule has 0 amide bonds. The molecule has 0 unspecified atom stereocenters. The average molecular weight is 324 g/mol. The van der Waals surface area contributed by atoms with Gasteiger partial charge >= 0.3 is 0 Å². The molecule has 0 aliphatic rings. The molecule has 0 bridgehead atoms. The average Bonchev–Trinajstić information content (AvgIpc) is 2.53. The van der Waals surface area contributed by atoms with Gasteiger partial charge in [0, 0.05) is 24.4 Å². The number of halogens is 2. The Morgan fingerprint density at radius 2 is 1.95 bits per heavy atom. The topological polar surface area (TPSA) is 30.5 Å². The molecule has 0 saturated carbocycles. The molecule has 0 fully saturated rings. The van der Waals surface area contributed by atoms with E-state index in [1.807, 2.05) is 31.2 Å². The zero-order valence-corrected chi connectivity index (χ0v) is 13.2. The molecule has 0 aromatic heterocycles. The van der Waals surface area contributed by atoms with Crippen molar-refractivity contribution in [2.75, 3.05) is 25.1 Å². The first-order valence-electron chi connectivity index (χ1n) is 7.18. The third kappa shape index (κ3) is 4.90. The Kier molecular flexibility index (Phi) is 6.49. The zero-order valence-electron chi connectivity index (χ0n) is 12.4. The Morgan fingerprint density at radius 1 is 1.14 bits per heavy atom. The van der Waals surface area contributed by atoms with Crippen LogP contribution in [0.2, 0.25) is 5.02 Å². The molecule has 0 heterocycles. The molecule has 0 aliphatic heterocycles. The molecule has 1 N–H and O–H groups in total. The summed E-state index contributed by atoms with van der Waals surface area (Å²) in [5, 5.41) is 3.31. The van der Waals surface area contributed by atoms with Gasteiger partial charge in [-0.25, -0.2) is 4.39 Å². The van der Waals surface area contributed by atoms with Crippen molar-refractivity contribution in [3.63, 3.8) is 0 Å². The van der Waals surface area contributed by atoms with Crippen LogP contribution in [0.4, 0.5) is 10.1 Å². The van der Waals surface area contributed by atoms with E-state index in [4.69, 9.17) is 21.1 Å². The summed E-state index contributed by atoms with van der Waals surface area (Å²) in [5.41, 5.74) is 1.77. The molecule has 0 radical (unpaired) electrons. The zero-order chi connectivity index (χ0) is 15.8. The lowest BCUT2D eigenvalue weighted by molar-refractivity contribution is 0.110. The van der Waals surface area contributed by atoms with E-state index >= 15 is 0 Å². The van der Waals surface area contributed by atoms with E-state index in [9.17, 15) is 4.39 Å². The van der Waals surface area contributed by atoms with Crippen LogP contribution in [-0.4, -0.2) is 19.8 Å². The van der Waals surface area contributed by atoms with Crippen molar-refractivity contribution in [3.8, 4) is 5.75 Å². The van der Waals surface area contributed by atoms with Crippen LogP contribution in [-0.2, 0) is 11.3 Å². The molecule has 0 atom stereocenters. The van der Waals surface area contributed by atoms with Crippen LogP contribution in [0, 0.1) is 5.82 Å². The minimum absolute atomic E-state index is 0.103. The highest BCUT2D eigenvalue weighted by Crippen LogP contribution is 2.22. The quantitative estimate of drug-likeness (QED) is 0.725. The monoisotopic (exact) mass is 323 g/mol. The second-order valence-corrected chi connectivity index (χ2v) is 5.04. The minimum atomic E-state index is -0.424. The van der Waals surface area contributed by atoms with Gasteiger partial charge in [0.15, 0.2) is 0 Å². The highest BCUT2D eigenvalue weighted by Gasteiger charge is 2.04. The van der Waals surface area contributed by atoms with Crippen molar-refractivity contribution in [3.05, 3.63) is 58.9 Å². The standard InChI is InChI=1S/C17H19ClFNO2/c1-2-21-9-10-22-17-6-4-3-5-13(17)12-20-14-7-8-16(19)15(18)11-14/h3-8,11,20H,2,9-10,12H2,1H3. The number of rotatable bonds is 8. The van der Waals surface area contributed by atoms with E-state index in [-0.39, 0.29) is 5.02 Å². The molecule has 0 aliphatic carbocycles. The lowest BCUT2D eigenvalue weighted by atomic mass is 10.2. The van der Waals surface area contributed by atoms with Gasteiger partial charge in [-0.2, -0.15) is 0 Å². The van der Waals surface area contributed by atoms with Crippen molar-refractivity contribution < 1.29 is 13.9 Å². The maximum absolute atomic E-state index is 13.1. The molecule has 0 spiro atoms. The summed E-state index contributed by atoms with van der Waals surface area (Å²) < 4.78 is 24.1. The highest BCUT2D eigenvalue weighted by molar-refractivity contribution is 6.31. The van der Waals surface area contributed by atoms with Crippen molar-refractivity contribution in [1.82, 2.24) is 0 Å². The first kappa shape index (κ1) is 16.6. The number of para-hydroxylation sites is 1. The molecule has 22 heavy (non-hydrogen) atoms. The molecule has 2 aromatic rings. The number of hydrogen-bond acceptors (Lipinski definition) is 3. The molecule has 2 aromatic carbocycles. The number of ether oxygens (including phenoxy) is 2. The van der Waals surface area contributed by atoms with Crippen molar-refractivity contribution in [2.45, 2.75) is 13.5 Å². The van der Waals surface area contributed by atoms with E-state index < -0.39 is 5.82 Å². The summed E-state index contributed by atoms with van der Waals surface area (Å²) in [4.78, 5) is 0. The maximum Gasteiger partial charge on any atom is 0.141 e. The summed E-state index contributed by atoms with van der Waals surface area (Å²) in [6.07, 6.45) is 0. The van der Waals surface area contributed by atoms with Crippen LogP contribution in [0.5, 0.6) is 5.75 Å². The van der Waals surface area contributed by atoms with Crippen LogP contribution in [0.1, 0.15) is 12.5 Å². The van der Waals surface area contributed by atoms with Gasteiger partial charge in [0.25, 0.3) is 0 Å². The van der Waals surface area contributed by atoms with E-state index in [2.05, 4.69) is 5.32 Å². The largest absolute Gasteiger partial charge is 0.491 e. The molecule has 0 saturated heterocycles. The lowest BCUT2D eigenvalue weighted by Gasteiger charge is -2.13. The van der Waals surface area contributed by atoms with Crippen molar-refractivity contribution in [1.29, 1.82) is 0 Å². The molecule has 5 heteroatoms. The molecule has 2 rings (SSSR count). The normalized spacial score (nSPS) is 10.5. The van der Waals surface area contributed by atoms with Gasteiger partial charge in [-0.3, -0.25) is 0 Å². The van der Waals surface area contributed by atoms with E-state index in [1.165, 1.54) is 6.07 Å². The fourth-order valence-corrected chi connectivity index (χ4v) is 2.13. The molecular formula is C17H19ClFNO2. The van der Waals surface area contributed by atoms with Crippen LogP contribution < -0.4 is 10.1 Å². The van der Waals surface area contributed by atoms with Gasteiger partial charge in [-0.1, -0.05) is 29.8 Å². The smallest absolute Gasteiger partial charge is 0.141 e. The summed E-state index contributed by atoms with van der Waals surface area (Å²) in [7, 11) is 0. The Balaban J connectivity index is 1.95. The predicted molar refractivity (Wildman–Crippen MR) is 87.2 cm³/mol. The summed E-state index contributed by atoms with van der Waals surface area (Å²) in [6, 6.07) is 12.3. The van der Waals surface area contributed by atoms with E-state index in [1.54, 1.807) is 12.1 Å². The number of benzene rings is 2. The summed E-state index contributed by atoms with van der Waals surface area (Å²) in [6.45, 7) is 4.26. The van der Waals surface area contributed by atoms with Gasteiger partial charge in [0.1, 0.15) is 18.2 Å². The fraction of sp³-hybridized carbons (Fsp3) is 0.294. The van der Waals surface area contributed by atoms with Crippen molar-refractivity contribution in [2.24, 2.45) is 0 Å². The third-order valence-electron chi connectivity index (χ3n) is 3.06. The fourth-order valence-electron chi connectivity index (χ4n) is 1.95. The number of anilines is 1. The Bertz CT molecular complexity index is 607. The second-order valence-electron chi connectivity index (χ2n) is 4.64. The Hall–Kier alpha value is -1.78. The lowest BCUT2D eigenvalue weighted by Crippen LogP contribution is -2.09. The first-order chi connectivity index (χ1) is 10.7. The number of nitrogens with one attached hydrogen (secondary N) is 1. The Morgan fingerprint density at radius 3 is 2.73 bits per heavy atom. The minimum Gasteiger partial charge on any atom is -0.491 e. The number of hydrogen-bond donors (Lipinski definition) is 1. The van der Waals surface area contributed by atoms with Crippen molar-refractivity contribution >= 4 is 17.3 Å². The second kappa shape index (κ2) is 8.61. The van der Waals surface area contributed by atoms with E-state index in [0.717, 1.165) is 17.0 Å². The van der Waals surface area contributed by atoms with Crippen LogP contribution in [0.25, 0.3) is 0 Å².